The number of rotatable bonds is 7. The van der Waals surface area contributed by atoms with Crippen LogP contribution in [-0.2, 0) is 4.74 Å². The number of nitrogens with zero attached hydrogens (tertiary/aromatic N) is 1. The average Bonchev–Trinajstić information content (AvgIpc) is 2.92. The molecule has 192 valence electrons. The molecule has 36 heavy (non-hydrogen) atoms. The molecular weight excluding hydrogens is 555 g/mol. The number of morpholine rings is 1. The van der Waals surface area contributed by atoms with Gasteiger partial charge in [-0.2, -0.15) is 0 Å². The minimum atomic E-state index is 0.224. The smallest absolute Gasteiger partial charge is 0.0594 e. The molecule has 2 aliphatic carbocycles. The van der Waals surface area contributed by atoms with E-state index >= 15 is 0 Å². The maximum atomic E-state index is 6.25. The van der Waals surface area contributed by atoms with Crippen molar-refractivity contribution in [3.8, 4) is 0 Å². The summed E-state index contributed by atoms with van der Waals surface area (Å²) >= 11 is 16.1. The van der Waals surface area contributed by atoms with Crippen molar-refractivity contribution in [2.24, 2.45) is 11.8 Å². The van der Waals surface area contributed by atoms with Crippen molar-refractivity contribution in [1.29, 1.82) is 0 Å². The Morgan fingerprint density at radius 1 is 1.00 bits per heavy atom. The molecule has 0 amide bonds. The zero-order valence-electron chi connectivity index (χ0n) is 20.6. The van der Waals surface area contributed by atoms with Gasteiger partial charge in [0.1, 0.15) is 0 Å². The molecule has 2 fully saturated rings. The molecule has 1 saturated carbocycles. The Bertz CT molecular complexity index is 1050. The first kappa shape index (κ1) is 26.5. The molecule has 0 bridgehead atoms. The van der Waals surface area contributed by atoms with Crippen molar-refractivity contribution in [3.63, 3.8) is 0 Å². The predicted octanol–water partition coefficient (Wildman–Crippen LogP) is 7.72. The molecule has 1 unspecified atom stereocenters. The van der Waals surface area contributed by atoms with E-state index in [2.05, 4.69) is 74.7 Å². The third-order valence-corrected chi connectivity index (χ3v) is 9.23. The van der Waals surface area contributed by atoms with Crippen LogP contribution in [0.3, 0.4) is 0 Å². The quantitative estimate of drug-likeness (QED) is 0.358. The molecule has 5 atom stereocenters. The highest BCUT2D eigenvalue weighted by Crippen LogP contribution is 2.41. The highest BCUT2D eigenvalue weighted by Gasteiger charge is 2.35. The lowest BCUT2D eigenvalue weighted by Crippen LogP contribution is -2.47. The predicted molar refractivity (Wildman–Crippen MR) is 154 cm³/mol. The number of benzene rings is 2. The SMILES string of the molecule is ClC1=CC[C@H](C(NC[C@@H]2CC[C@@H](N3CCOCC3)C[C@H]2c2ccc(Br)cc2)c2ccc(Cl)cc2)C=C1. The van der Waals surface area contributed by atoms with E-state index in [1.165, 1.54) is 30.4 Å². The van der Waals surface area contributed by atoms with E-state index in [0.717, 1.165) is 53.8 Å². The number of nitrogens with one attached hydrogen (secondary N) is 1. The average molecular weight is 590 g/mol. The molecule has 0 aromatic heterocycles. The fraction of sp³-hybridized carbons (Fsp3) is 0.467. The topological polar surface area (TPSA) is 24.5 Å². The van der Waals surface area contributed by atoms with Crippen molar-refractivity contribution >= 4 is 39.1 Å². The van der Waals surface area contributed by atoms with Crippen LogP contribution < -0.4 is 5.32 Å². The van der Waals surface area contributed by atoms with Gasteiger partial charge in [0.05, 0.1) is 13.2 Å². The third kappa shape index (κ3) is 6.64. The van der Waals surface area contributed by atoms with Gasteiger partial charge in [-0.05, 0) is 85.5 Å². The van der Waals surface area contributed by atoms with Crippen LogP contribution in [0.1, 0.15) is 48.8 Å². The van der Waals surface area contributed by atoms with Gasteiger partial charge in [-0.15, -0.1) is 0 Å². The normalized spacial score (nSPS) is 28.0. The van der Waals surface area contributed by atoms with E-state index in [1.54, 1.807) is 0 Å². The van der Waals surface area contributed by atoms with Crippen molar-refractivity contribution in [1.82, 2.24) is 10.2 Å². The molecule has 6 heteroatoms. The molecule has 3 aliphatic rings. The summed E-state index contributed by atoms with van der Waals surface area (Å²) in [7, 11) is 0. The number of ether oxygens (including phenoxy) is 1. The van der Waals surface area contributed by atoms with Crippen LogP contribution >= 0.6 is 39.1 Å². The lowest BCUT2D eigenvalue weighted by molar-refractivity contribution is 0.00174. The van der Waals surface area contributed by atoms with Gasteiger partial charge < -0.3 is 10.1 Å². The summed E-state index contributed by atoms with van der Waals surface area (Å²) in [4.78, 5) is 2.67. The Morgan fingerprint density at radius 3 is 2.44 bits per heavy atom. The molecule has 5 rings (SSSR count). The molecule has 1 aliphatic heterocycles. The van der Waals surface area contributed by atoms with Crippen LogP contribution in [0.4, 0.5) is 0 Å². The number of hydrogen-bond acceptors (Lipinski definition) is 3. The molecule has 1 N–H and O–H groups in total. The minimum Gasteiger partial charge on any atom is -0.379 e. The molecule has 0 radical (unpaired) electrons. The highest BCUT2D eigenvalue weighted by molar-refractivity contribution is 9.10. The van der Waals surface area contributed by atoms with E-state index in [4.69, 9.17) is 27.9 Å². The van der Waals surface area contributed by atoms with Crippen molar-refractivity contribution in [2.75, 3.05) is 32.8 Å². The van der Waals surface area contributed by atoms with Gasteiger partial charge in [-0.3, -0.25) is 4.90 Å². The Balaban J connectivity index is 1.34. The highest BCUT2D eigenvalue weighted by atomic mass is 79.9. The molecular formula is C30H35BrCl2N2O. The van der Waals surface area contributed by atoms with Gasteiger partial charge in [-0.1, -0.05) is 75.5 Å². The van der Waals surface area contributed by atoms with Crippen LogP contribution in [0.5, 0.6) is 0 Å². The van der Waals surface area contributed by atoms with Crippen LogP contribution in [0.2, 0.25) is 5.02 Å². The lowest BCUT2D eigenvalue weighted by Gasteiger charge is -2.43. The standard InChI is InChI=1S/C30H35BrCl2N2O/c31-25-8-1-21(2-9-25)29-19-28(35-15-17-36-18-16-35)14-7-24(29)20-34-30(22-3-10-26(32)11-4-22)23-5-12-27(33)13-6-23/h1-5,8-13,23-24,28-30,34H,6-7,14-20H2/t23-,24+,28-,29+,30?/m1/s1. The fourth-order valence-electron chi connectivity index (χ4n) is 6.17. The molecule has 1 saturated heterocycles. The second-order valence-corrected chi connectivity index (χ2v) is 12.1. The van der Waals surface area contributed by atoms with Gasteiger partial charge >= 0.3 is 0 Å². The monoisotopic (exact) mass is 588 g/mol. The van der Waals surface area contributed by atoms with Crippen molar-refractivity contribution in [3.05, 3.63) is 92.4 Å². The first-order chi connectivity index (χ1) is 17.6. The molecule has 2 aromatic carbocycles. The van der Waals surface area contributed by atoms with Crippen LogP contribution in [0.15, 0.2) is 76.3 Å². The van der Waals surface area contributed by atoms with E-state index in [0.29, 0.717) is 23.8 Å². The summed E-state index contributed by atoms with van der Waals surface area (Å²) in [6, 6.07) is 18.2. The maximum Gasteiger partial charge on any atom is 0.0594 e. The van der Waals surface area contributed by atoms with E-state index in [-0.39, 0.29) is 6.04 Å². The lowest BCUT2D eigenvalue weighted by atomic mass is 9.72. The van der Waals surface area contributed by atoms with E-state index in [9.17, 15) is 0 Å². The van der Waals surface area contributed by atoms with Crippen molar-refractivity contribution < 1.29 is 4.74 Å². The van der Waals surface area contributed by atoms with Gasteiger partial charge in [0, 0.05) is 45.6 Å². The summed E-state index contributed by atoms with van der Waals surface area (Å²) in [5.41, 5.74) is 2.74. The zero-order chi connectivity index (χ0) is 24.9. The van der Waals surface area contributed by atoms with Crippen LogP contribution in [0, 0.1) is 11.8 Å². The summed E-state index contributed by atoms with van der Waals surface area (Å²) in [6.07, 6.45) is 11.1. The number of halogens is 3. The summed E-state index contributed by atoms with van der Waals surface area (Å²) < 4.78 is 6.77. The van der Waals surface area contributed by atoms with Crippen LogP contribution in [-0.4, -0.2) is 43.8 Å². The maximum absolute atomic E-state index is 6.25. The number of hydrogen-bond donors (Lipinski definition) is 1. The summed E-state index contributed by atoms with van der Waals surface area (Å²) in [5.74, 6) is 1.49. The third-order valence-electron chi connectivity index (χ3n) is 8.17. The van der Waals surface area contributed by atoms with E-state index < -0.39 is 0 Å². The molecule has 2 aromatic rings. The second kappa shape index (κ2) is 12.6. The van der Waals surface area contributed by atoms with Crippen LogP contribution in [0.25, 0.3) is 0 Å². The zero-order valence-corrected chi connectivity index (χ0v) is 23.7. The Labute approximate surface area is 234 Å². The summed E-state index contributed by atoms with van der Waals surface area (Å²) in [6.45, 7) is 4.83. The van der Waals surface area contributed by atoms with Gasteiger partial charge in [0.2, 0.25) is 0 Å². The largest absolute Gasteiger partial charge is 0.379 e. The Hall–Kier alpha value is -1.14. The van der Waals surface area contributed by atoms with Crippen molar-refractivity contribution in [2.45, 2.75) is 43.7 Å². The van der Waals surface area contributed by atoms with Gasteiger partial charge in [-0.25, -0.2) is 0 Å². The van der Waals surface area contributed by atoms with E-state index in [1.807, 2.05) is 18.2 Å². The Morgan fingerprint density at radius 2 is 1.75 bits per heavy atom. The van der Waals surface area contributed by atoms with Gasteiger partial charge in [0.15, 0.2) is 0 Å². The first-order valence-corrected chi connectivity index (χ1v) is 14.7. The molecule has 1 heterocycles. The summed E-state index contributed by atoms with van der Waals surface area (Å²) in [5, 5.41) is 5.61. The Kier molecular flexibility index (Phi) is 9.27. The minimum absolute atomic E-state index is 0.224. The number of allylic oxidation sites excluding steroid dienone is 3. The fourth-order valence-corrected chi connectivity index (χ4v) is 6.72. The molecule has 3 nitrogen and oxygen atoms in total. The second-order valence-electron chi connectivity index (χ2n) is 10.3. The first-order valence-electron chi connectivity index (χ1n) is 13.2. The van der Waals surface area contributed by atoms with Gasteiger partial charge in [0.25, 0.3) is 0 Å². The molecule has 0 spiro atoms.